The molecule has 4 heteroatoms. The van der Waals surface area contributed by atoms with Crippen LogP contribution in [0.1, 0.15) is 13.8 Å². The van der Waals surface area contributed by atoms with E-state index in [0.717, 1.165) is 31.3 Å². The Morgan fingerprint density at radius 2 is 2.00 bits per heavy atom. The topological polar surface area (TPSA) is 12.5 Å². The predicted molar refractivity (Wildman–Crippen MR) is 77.3 cm³/mol. The van der Waals surface area contributed by atoms with E-state index in [0.29, 0.717) is 4.75 Å². The largest absolute Gasteiger partial charge is 0.492 e. The van der Waals surface area contributed by atoms with Crippen molar-refractivity contribution in [1.29, 1.82) is 0 Å². The van der Waals surface area contributed by atoms with Crippen LogP contribution in [0.3, 0.4) is 0 Å². The van der Waals surface area contributed by atoms with Crippen LogP contribution in [-0.4, -0.2) is 35.2 Å². The lowest BCUT2D eigenvalue weighted by molar-refractivity contribution is 0.233. The molecule has 2 rings (SSSR count). The molecule has 1 aliphatic rings. The lowest BCUT2D eigenvalue weighted by Gasteiger charge is -2.18. The molecule has 0 aliphatic carbocycles. The molecule has 1 heterocycles. The number of benzene rings is 1. The number of halogens is 1. The van der Waals surface area contributed by atoms with E-state index in [4.69, 9.17) is 4.74 Å². The van der Waals surface area contributed by atoms with Crippen LogP contribution in [0.15, 0.2) is 30.3 Å². The third kappa shape index (κ3) is 4.78. The van der Waals surface area contributed by atoms with Gasteiger partial charge in [0.15, 0.2) is 0 Å². The number of para-hydroxylation sites is 1. The number of hydrogen-bond donors (Lipinski definition) is 0. The number of rotatable bonds is 4. The molecule has 0 N–H and O–H groups in total. The molecular formula is C13H20ClNOS. The Hall–Kier alpha value is -0.380. The van der Waals surface area contributed by atoms with Gasteiger partial charge in [-0.3, -0.25) is 4.90 Å². The van der Waals surface area contributed by atoms with E-state index in [-0.39, 0.29) is 12.4 Å². The van der Waals surface area contributed by atoms with Crippen LogP contribution in [-0.2, 0) is 0 Å². The van der Waals surface area contributed by atoms with E-state index in [1.165, 1.54) is 0 Å². The summed E-state index contributed by atoms with van der Waals surface area (Å²) < 4.78 is 6.09. The molecule has 1 fully saturated rings. The molecule has 0 spiro atoms. The van der Waals surface area contributed by atoms with E-state index in [2.05, 4.69) is 18.7 Å². The fourth-order valence-corrected chi connectivity index (χ4v) is 2.88. The highest BCUT2D eigenvalue weighted by Gasteiger charge is 2.29. The molecule has 0 atom stereocenters. The maximum absolute atomic E-state index is 5.69. The molecule has 2 nitrogen and oxygen atoms in total. The minimum Gasteiger partial charge on any atom is -0.492 e. The van der Waals surface area contributed by atoms with Gasteiger partial charge in [-0.2, -0.15) is 0 Å². The molecule has 96 valence electrons. The average molecular weight is 274 g/mol. The number of hydrogen-bond acceptors (Lipinski definition) is 3. The van der Waals surface area contributed by atoms with E-state index in [1.54, 1.807) is 0 Å². The smallest absolute Gasteiger partial charge is 0.119 e. The van der Waals surface area contributed by atoms with Gasteiger partial charge in [-0.25, -0.2) is 0 Å². The van der Waals surface area contributed by atoms with Crippen LogP contribution in [0.2, 0.25) is 0 Å². The van der Waals surface area contributed by atoms with Gasteiger partial charge in [0, 0.05) is 23.7 Å². The second kappa shape index (κ2) is 6.53. The second-order valence-electron chi connectivity index (χ2n) is 4.75. The van der Waals surface area contributed by atoms with Crippen molar-refractivity contribution in [2.24, 2.45) is 0 Å². The zero-order valence-electron chi connectivity index (χ0n) is 10.4. The summed E-state index contributed by atoms with van der Waals surface area (Å²) in [5.74, 6) is 2.10. The first-order chi connectivity index (χ1) is 7.66. The van der Waals surface area contributed by atoms with Crippen molar-refractivity contribution >= 4 is 24.2 Å². The highest BCUT2D eigenvalue weighted by molar-refractivity contribution is 8.00. The minimum absolute atomic E-state index is 0. The first-order valence-corrected chi connectivity index (χ1v) is 6.68. The van der Waals surface area contributed by atoms with Crippen LogP contribution in [0, 0.1) is 0 Å². The maximum Gasteiger partial charge on any atom is 0.119 e. The van der Waals surface area contributed by atoms with Gasteiger partial charge in [0.25, 0.3) is 0 Å². The second-order valence-corrected chi connectivity index (χ2v) is 6.40. The van der Waals surface area contributed by atoms with Crippen molar-refractivity contribution in [3.8, 4) is 5.75 Å². The van der Waals surface area contributed by atoms with Crippen LogP contribution in [0.25, 0.3) is 0 Å². The van der Waals surface area contributed by atoms with Crippen molar-refractivity contribution in [1.82, 2.24) is 4.90 Å². The molecule has 1 aromatic rings. The Morgan fingerprint density at radius 1 is 1.29 bits per heavy atom. The zero-order chi connectivity index (χ0) is 11.4. The summed E-state index contributed by atoms with van der Waals surface area (Å²) >= 11 is 2.02. The van der Waals surface area contributed by atoms with Crippen molar-refractivity contribution in [2.45, 2.75) is 18.6 Å². The molecule has 1 saturated heterocycles. The Morgan fingerprint density at radius 3 is 2.59 bits per heavy atom. The van der Waals surface area contributed by atoms with Crippen molar-refractivity contribution in [2.75, 3.05) is 25.6 Å². The van der Waals surface area contributed by atoms with Crippen molar-refractivity contribution in [3.05, 3.63) is 30.3 Å². The fourth-order valence-electron chi connectivity index (χ4n) is 1.85. The average Bonchev–Trinajstić information content (AvgIpc) is 2.60. The maximum atomic E-state index is 5.69. The van der Waals surface area contributed by atoms with Gasteiger partial charge >= 0.3 is 0 Å². The van der Waals surface area contributed by atoms with Crippen molar-refractivity contribution < 1.29 is 4.74 Å². The Bertz CT molecular complexity index is 331. The quantitative estimate of drug-likeness (QED) is 0.835. The van der Waals surface area contributed by atoms with Crippen LogP contribution in [0.5, 0.6) is 5.75 Å². The Kier molecular flexibility index (Phi) is 5.63. The van der Waals surface area contributed by atoms with Crippen molar-refractivity contribution in [3.63, 3.8) is 0 Å². The van der Waals surface area contributed by atoms with E-state index in [1.807, 2.05) is 42.1 Å². The molecule has 17 heavy (non-hydrogen) atoms. The summed E-state index contributed by atoms with van der Waals surface area (Å²) in [6, 6.07) is 10.0. The van der Waals surface area contributed by atoms with Gasteiger partial charge in [0.2, 0.25) is 0 Å². The number of nitrogens with zero attached hydrogens (tertiary/aromatic N) is 1. The molecular weight excluding hydrogens is 254 g/mol. The highest BCUT2D eigenvalue weighted by Crippen LogP contribution is 2.32. The Labute approximate surface area is 114 Å². The van der Waals surface area contributed by atoms with Gasteiger partial charge < -0.3 is 4.74 Å². The molecule has 0 saturated carbocycles. The summed E-state index contributed by atoms with van der Waals surface area (Å²) in [5, 5.41) is 0. The van der Waals surface area contributed by atoms with Gasteiger partial charge in [0.05, 0.1) is 0 Å². The lowest BCUT2D eigenvalue weighted by atomic mass is 10.2. The number of ether oxygens (including phenoxy) is 1. The first kappa shape index (κ1) is 14.7. The normalized spacial score (nSPS) is 18.7. The molecule has 0 radical (unpaired) electrons. The number of thioether (sulfide) groups is 1. The van der Waals surface area contributed by atoms with Gasteiger partial charge in [-0.15, -0.1) is 24.2 Å². The third-order valence-electron chi connectivity index (χ3n) is 2.66. The van der Waals surface area contributed by atoms with Gasteiger partial charge in [-0.05, 0) is 26.0 Å². The first-order valence-electron chi connectivity index (χ1n) is 5.70. The van der Waals surface area contributed by atoms with E-state index < -0.39 is 0 Å². The molecule has 0 unspecified atom stereocenters. The minimum atomic E-state index is 0. The molecule has 1 aliphatic heterocycles. The monoisotopic (exact) mass is 273 g/mol. The standard InChI is InChI=1S/C13H19NOS.ClH/c1-13(2)10-14(11-16-13)8-9-15-12-6-4-3-5-7-12;/h3-7H,8-11H2,1-2H3;1H. The zero-order valence-corrected chi connectivity index (χ0v) is 12.0. The van der Waals surface area contributed by atoms with E-state index >= 15 is 0 Å². The molecule has 0 bridgehead atoms. The molecule has 0 aromatic heterocycles. The SMILES string of the molecule is CC1(C)CN(CCOc2ccccc2)CS1.Cl. The van der Waals surface area contributed by atoms with Crippen LogP contribution in [0.4, 0.5) is 0 Å². The fraction of sp³-hybridized carbons (Fsp3) is 0.538. The Balaban J connectivity index is 0.00000144. The molecule has 1 aromatic carbocycles. The highest BCUT2D eigenvalue weighted by atomic mass is 35.5. The van der Waals surface area contributed by atoms with Crippen LogP contribution < -0.4 is 4.74 Å². The third-order valence-corrected chi connectivity index (χ3v) is 4.07. The summed E-state index contributed by atoms with van der Waals surface area (Å²) in [6.45, 7) is 7.56. The summed E-state index contributed by atoms with van der Waals surface area (Å²) in [5.41, 5.74) is 0. The lowest BCUT2D eigenvalue weighted by Crippen LogP contribution is -2.30. The molecule has 0 amide bonds. The van der Waals surface area contributed by atoms with Crippen LogP contribution >= 0.6 is 24.2 Å². The van der Waals surface area contributed by atoms with Gasteiger partial charge in [-0.1, -0.05) is 18.2 Å². The predicted octanol–water partition coefficient (Wildman–Crippen LogP) is 3.27. The van der Waals surface area contributed by atoms with E-state index in [9.17, 15) is 0 Å². The van der Waals surface area contributed by atoms with Gasteiger partial charge in [0.1, 0.15) is 12.4 Å². The summed E-state index contributed by atoms with van der Waals surface area (Å²) in [7, 11) is 0. The summed E-state index contributed by atoms with van der Waals surface area (Å²) in [6.07, 6.45) is 0. The summed E-state index contributed by atoms with van der Waals surface area (Å²) in [4.78, 5) is 2.45.